The summed E-state index contributed by atoms with van der Waals surface area (Å²) < 4.78 is 9.95. The highest BCUT2D eigenvalue weighted by Crippen LogP contribution is 2.24. The molecule has 82 valence electrons. The molecule has 15 heavy (non-hydrogen) atoms. The first kappa shape index (κ1) is 11.5. The van der Waals surface area contributed by atoms with E-state index in [1.54, 1.807) is 13.0 Å². The molecule has 0 unspecified atom stereocenters. The third kappa shape index (κ3) is 2.70. The van der Waals surface area contributed by atoms with Gasteiger partial charge in [-0.05, 0) is 31.0 Å². The summed E-state index contributed by atoms with van der Waals surface area (Å²) in [7, 11) is 1.49. The molecule has 0 heterocycles. The normalized spacial score (nSPS) is 10.1. The summed E-state index contributed by atoms with van der Waals surface area (Å²) >= 11 is 0. The molecule has 0 fully saturated rings. The first-order valence-electron chi connectivity index (χ1n) is 4.52. The van der Waals surface area contributed by atoms with Crippen LogP contribution in [-0.2, 0) is 4.74 Å². The minimum atomic E-state index is -0.987. The Morgan fingerprint density at radius 3 is 2.60 bits per heavy atom. The van der Waals surface area contributed by atoms with Crippen molar-refractivity contribution in [3.05, 3.63) is 28.8 Å². The van der Waals surface area contributed by atoms with Crippen LogP contribution in [0, 0.1) is 13.8 Å². The van der Waals surface area contributed by atoms with E-state index in [1.165, 1.54) is 7.11 Å². The van der Waals surface area contributed by atoms with E-state index in [0.717, 1.165) is 5.56 Å². The molecule has 1 aromatic carbocycles. The third-order valence-electron chi connectivity index (χ3n) is 1.99. The number of rotatable bonds is 4. The summed E-state index contributed by atoms with van der Waals surface area (Å²) in [5.74, 6) is -0.638. The molecule has 0 saturated heterocycles. The van der Waals surface area contributed by atoms with Crippen molar-refractivity contribution in [2.75, 3.05) is 13.9 Å². The number of aryl methyl sites for hydroxylation is 2. The Balaban J connectivity index is 3.14. The van der Waals surface area contributed by atoms with Crippen LogP contribution in [0.25, 0.3) is 0 Å². The Bertz CT molecular complexity index is 371. The van der Waals surface area contributed by atoms with Gasteiger partial charge in [0.1, 0.15) is 11.3 Å². The van der Waals surface area contributed by atoms with Gasteiger partial charge in [-0.15, -0.1) is 0 Å². The second-order valence-electron chi connectivity index (χ2n) is 3.31. The standard InChI is InChI=1S/C11H14O4/c1-7-4-8(2)10(11(12)13)9(5-7)15-6-14-3/h4-5H,6H2,1-3H3,(H,12,13). The van der Waals surface area contributed by atoms with Crippen LogP contribution in [0.1, 0.15) is 21.5 Å². The molecule has 0 bridgehead atoms. The second kappa shape index (κ2) is 4.79. The topological polar surface area (TPSA) is 55.8 Å². The Morgan fingerprint density at radius 1 is 1.40 bits per heavy atom. The minimum absolute atomic E-state index is 0.0448. The zero-order chi connectivity index (χ0) is 11.4. The molecule has 0 aliphatic carbocycles. The number of aromatic carboxylic acids is 1. The highest BCUT2D eigenvalue weighted by molar-refractivity contribution is 5.92. The number of hydrogen-bond donors (Lipinski definition) is 1. The maximum absolute atomic E-state index is 11.0. The predicted octanol–water partition coefficient (Wildman–Crippen LogP) is 1.98. The molecule has 0 aliphatic heterocycles. The molecule has 4 nitrogen and oxygen atoms in total. The molecule has 0 aromatic heterocycles. The minimum Gasteiger partial charge on any atom is -0.478 e. The van der Waals surface area contributed by atoms with Crippen LogP contribution in [0.5, 0.6) is 5.75 Å². The number of carboxylic acids is 1. The van der Waals surface area contributed by atoms with Gasteiger partial charge in [-0.1, -0.05) is 6.07 Å². The smallest absolute Gasteiger partial charge is 0.339 e. The van der Waals surface area contributed by atoms with Gasteiger partial charge in [-0.3, -0.25) is 0 Å². The molecule has 0 atom stereocenters. The van der Waals surface area contributed by atoms with E-state index in [0.29, 0.717) is 11.3 Å². The fraction of sp³-hybridized carbons (Fsp3) is 0.364. The van der Waals surface area contributed by atoms with Crippen LogP contribution in [0.15, 0.2) is 12.1 Å². The molecule has 1 aromatic rings. The first-order valence-corrected chi connectivity index (χ1v) is 4.52. The van der Waals surface area contributed by atoms with Crippen molar-refractivity contribution >= 4 is 5.97 Å². The van der Waals surface area contributed by atoms with Gasteiger partial charge < -0.3 is 14.6 Å². The number of methoxy groups -OCH3 is 1. The number of benzene rings is 1. The molecular formula is C11H14O4. The maximum atomic E-state index is 11.0. The molecule has 1 rings (SSSR count). The summed E-state index contributed by atoms with van der Waals surface area (Å²) in [6.07, 6.45) is 0. The van der Waals surface area contributed by atoms with E-state index in [9.17, 15) is 4.79 Å². The Hall–Kier alpha value is -1.55. The summed E-state index contributed by atoms with van der Waals surface area (Å²) in [4.78, 5) is 11.0. The average Bonchev–Trinajstić information content (AvgIpc) is 2.12. The van der Waals surface area contributed by atoms with Crippen LogP contribution >= 0.6 is 0 Å². The summed E-state index contributed by atoms with van der Waals surface area (Å²) in [6, 6.07) is 3.50. The predicted molar refractivity (Wildman–Crippen MR) is 55.4 cm³/mol. The number of carboxylic acid groups (broad SMARTS) is 1. The van der Waals surface area contributed by atoms with Crippen molar-refractivity contribution in [3.8, 4) is 5.75 Å². The largest absolute Gasteiger partial charge is 0.478 e. The fourth-order valence-corrected chi connectivity index (χ4v) is 1.44. The van der Waals surface area contributed by atoms with Crippen LogP contribution in [0.2, 0.25) is 0 Å². The lowest BCUT2D eigenvalue weighted by atomic mass is 10.0. The van der Waals surface area contributed by atoms with E-state index in [-0.39, 0.29) is 12.4 Å². The molecule has 0 radical (unpaired) electrons. The molecule has 0 aliphatic rings. The van der Waals surface area contributed by atoms with Gasteiger partial charge in [0.2, 0.25) is 0 Å². The number of ether oxygens (including phenoxy) is 2. The second-order valence-corrected chi connectivity index (χ2v) is 3.31. The van der Waals surface area contributed by atoms with Crippen molar-refractivity contribution in [1.82, 2.24) is 0 Å². The fourth-order valence-electron chi connectivity index (χ4n) is 1.44. The zero-order valence-electron chi connectivity index (χ0n) is 9.03. The maximum Gasteiger partial charge on any atom is 0.339 e. The molecule has 0 saturated carbocycles. The van der Waals surface area contributed by atoms with Crippen LogP contribution in [-0.4, -0.2) is 25.0 Å². The van der Waals surface area contributed by atoms with E-state index < -0.39 is 5.97 Å². The van der Waals surface area contributed by atoms with Gasteiger partial charge in [0.05, 0.1) is 0 Å². The van der Waals surface area contributed by atoms with Gasteiger partial charge in [-0.2, -0.15) is 0 Å². The van der Waals surface area contributed by atoms with E-state index in [4.69, 9.17) is 14.6 Å². The summed E-state index contributed by atoms with van der Waals surface area (Å²) in [5, 5.41) is 9.02. The van der Waals surface area contributed by atoms with Crippen molar-refractivity contribution < 1.29 is 19.4 Å². The summed E-state index contributed by atoms with van der Waals surface area (Å²) in [6.45, 7) is 3.68. The lowest BCUT2D eigenvalue weighted by molar-refractivity contribution is 0.0482. The van der Waals surface area contributed by atoms with Crippen molar-refractivity contribution in [2.24, 2.45) is 0 Å². The van der Waals surface area contributed by atoms with Gasteiger partial charge in [0.15, 0.2) is 6.79 Å². The highest BCUT2D eigenvalue weighted by Gasteiger charge is 2.15. The van der Waals surface area contributed by atoms with Crippen LogP contribution in [0.3, 0.4) is 0 Å². The first-order chi connectivity index (χ1) is 7.06. The lowest BCUT2D eigenvalue weighted by Crippen LogP contribution is -2.07. The third-order valence-corrected chi connectivity index (χ3v) is 1.99. The van der Waals surface area contributed by atoms with Crippen molar-refractivity contribution in [2.45, 2.75) is 13.8 Å². The molecule has 1 N–H and O–H groups in total. The van der Waals surface area contributed by atoms with Crippen LogP contribution < -0.4 is 4.74 Å². The monoisotopic (exact) mass is 210 g/mol. The zero-order valence-corrected chi connectivity index (χ0v) is 9.03. The van der Waals surface area contributed by atoms with Gasteiger partial charge in [0.25, 0.3) is 0 Å². The van der Waals surface area contributed by atoms with E-state index in [2.05, 4.69) is 0 Å². The lowest BCUT2D eigenvalue weighted by Gasteiger charge is -2.11. The Labute approximate surface area is 88.4 Å². The molecule has 0 spiro atoms. The van der Waals surface area contributed by atoms with Crippen molar-refractivity contribution in [3.63, 3.8) is 0 Å². The molecule has 4 heteroatoms. The Kier molecular flexibility index (Phi) is 3.68. The van der Waals surface area contributed by atoms with Gasteiger partial charge in [-0.25, -0.2) is 4.79 Å². The van der Waals surface area contributed by atoms with Gasteiger partial charge in [0, 0.05) is 7.11 Å². The average molecular weight is 210 g/mol. The van der Waals surface area contributed by atoms with E-state index >= 15 is 0 Å². The van der Waals surface area contributed by atoms with Crippen molar-refractivity contribution in [1.29, 1.82) is 0 Å². The van der Waals surface area contributed by atoms with Crippen LogP contribution in [0.4, 0.5) is 0 Å². The number of carbonyl (C=O) groups is 1. The number of hydrogen-bond acceptors (Lipinski definition) is 3. The summed E-state index contributed by atoms with van der Waals surface area (Å²) in [5.41, 5.74) is 1.84. The van der Waals surface area contributed by atoms with E-state index in [1.807, 2.05) is 13.0 Å². The molecular weight excluding hydrogens is 196 g/mol. The Morgan fingerprint density at radius 2 is 2.07 bits per heavy atom. The quantitative estimate of drug-likeness (QED) is 0.772. The SMILES string of the molecule is COCOc1cc(C)cc(C)c1C(=O)O. The van der Waals surface area contributed by atoms with Gasteiger partial charge >= 0.3 is 5.97 Å². The highest BCUT2D eigenvalue weighted by atomic mass is 16.7. The molecule has 0 amide bonds.